The van der Waals surface area contributed by atoms with E-state index in [1.54, 1.807) is 6.92 Å². The lowest BCUT2D eigenvalue weighted by Crippen LogP contribution is -2.32. The third-order valence-corrected chi connectivity index (χ3v) is 1.89. The summed E-state index contributed by atoms with van der Waals surface area (Å²) < 4.78 is 0. The van der Waals surface area contributed by atoms with Gasteiger partial charge >= 0.3 is 0 Å². The van der Waals surface area contributed by atoms with Crippen LogP contribution in [0.3, 0.4) is 0 Å². The van der Waals surface area contributed by atoms with Gasteiger partial charge in [-0.1, -0.05) is 6.92 Å². The van der Waals surface area contributed by atoms with Crippen molar-refractivity contribution in [1.82, 2.24) is 15.2 Å². The lowest BCUT2D eigenvalue weighted by molar-refractivity contribution is 0.0696. The highest BCUT2D eigenvalue weighted by Gasteiger charge is 2.17. The highest BCUT2D eigenvalue weighted by molar-refractivity contribution is 5.29. The van der Waals surface area contributed by atoms with Gasteiger partial charge in [0.1, 0.15) is 0 Å². The highest BCUT2D eigenvalue weighted by Crippen LogP contribution is 2.09. The maximum absolute atomic E-state index is 9.63. The number of anilines is 2. The first kappa shape index (κ1) is 9.79. The number of nitrogens with two attached hydrogens (primary N) is 1. The van der Waals surface area contributed by atoms with E-state index < -0.39 is 5.60 Å². The van der Waals surface area contributed by atoms with Gasteiger partial charge < -0.3 is 16.2 Å². The molecule has 0 amide bonds. The summed E-state index contributed by atoms with van der Waals surface area (Å²) in [5.41, 5.74) is 4.58. The van der Waals surface area contributed by atoms with Gasteiger partial charge in [-0.25, -0.2) is 5.10 Å². The normalized spacial score (nSPS) is 15.3. The molecule has 0 spiro atoms. The minimum atomic E-state index is -0.741. The monoisotopic (exact) mass is 185 g/mol. The lowest BCUT2D eigenvalue weighted by Gasteiger charge is -2.20. The molecule has 1 atom stereocenters. The van der Waals surface area contributed by atoms with Gasteiger partial charge in [-0.3, -0.25) is 0 Å². The topological polar surface area (TPSA) is 99.8 Å². The van der Waals surface area contributed by atoms with E-state index in [9.17, 15) is 5.11 Å². The molecule has 1 aromatic heterocycles. The Morgan fingerprint density at radius 1 is 1.69 bits per heavy atom. The number of aromatic nitrogens is 3. The first-order valence-corrected chi connectivity index (χ1v) is 4.17. The van der Waals surface area contributed by atoms with Crippen molar-refractivity contribution in [2.24, 2.45) is 0 Å². The molecule has 1 heterocycles. The summed E-state index contributed by atoms with van der Waals surface area (Å²) in [5.74, 6) is 0.671. The number of hydrogen-bond acceptors (Lipinski definition) is 5. The summed E-state index contributed by atoms with van der Waals surface area (Å²) in [5, 5.41) is 18.8. The second-order valence-electron chi connectivity index (χ2n) is 3.25. The molecule has 0 aliphatic rings. The van der Waals surface area contributed by atoms with Gasteiger partial charge in [0, 0.05) is 6.54 Å². The van der Waals surface area contributed by atoms with Gasteiger partial charge in [0.15, 0.2) is 0 Å². The zero-order valence-electron chi connectivity index (χ0n) is 7.83. The van der Waals surface area contributed by atoms with Gasteiger partial charge in [0.25, 0.3) is 0 Å². The van der Waals surface area contributed by atoms with Crippen LogP contribution in [-0.2, 0) is 0 Å². The Hall–Kier alpha value is -1.30. The molecule has 6 nitrogen and oxygen atoms in total. The van der Waals surface area contributed by atoms with Gasteiger partial charge in [-0.05, 0) is 13.3 Å². The van der Waals surface area contributed by atoms with Crippen LogP contribution < -0.4 is 11.1 Å². The van der Waals surface area contributed by atoms with E-state index in [2.05, 4.69) is 20.5 Å². The second-order valence-corrected chi connectivity index (χ2v) is 3.25. The van der Waals surface area contributed by atoms with E-state index >= 15 is 0 Å². The van der Waals surface area contributed by atoms with Crippen LogP contribution in [0.15, 0.2) is 0 Å². The van der Waals surface area contributed by atoms with Crippen LogP contribution >= 0.6 is 0 Å². The van der Waals surface area contributed by atoms with Gasteiger partial charge in [-0.2, -0.15) is 4.98 Å². The molecule has 0 radical (unpaired) electrons. The molecule has 13 heavy (non-hydrogen) atoms. The predicted octanol–water partition coefficient (Wildman–Crippen LogP) is -0.0402. The predicted molar refractivity (Wildman–Crippen MR) is 50.2 cm³/mol. The fraction of sp³-hybridized carbons (Fsp3) is 0.714. The molecule has 0 bridgehead atoms. The van der Waals surface area contributed by atoms with Crippen molar-refractivity contribution >= 4 is 11.9 Å². The van der Waals surface area contributed by atoms with Gasteiger partial charge in [0.2, 0.25) is 11.9 Å². The Labute approximate surface area is 76.6 Å². The summed E-state index contributed by atoms with van der Waals surface area (Å²) in [6.45, 7) is 4.06. The van der Waals surface area contributed by atoms with Crippen LogP contribution in [0, 0.1) is 0 Å². The number of H-pyrrole nitrogens is 1. The van der Waals surface area contributed by atoms with Gasteiger partial charge in [0.05, 0.1) is 5.60 Å². The van der Waals surface area contributed by atoms with E-state index in [4.69, 9.17) is 5.73 Å². The fourth-order valence-corrected chi connectivity index (χ4v) is 0.748. The van der Waals surface area contributed by atoms with Crippen LogP contribution in [0.2, 0.25) is 0 Å². The Morgan fingerprint density at radius 3 is 2.85 bits per heavy atom. The highest BCUT2D eigenvalue weighted by atomic mass is 16.3. The maximum Gasteiger partial charge on any atom is 0.243 e. The number of rotatable bonds is 4. The SMILES string of the molecule is CCC(C)(O)CNc1n[nH]c(N)n1. The molecule has 1 rings (SSSR count). The van der Waals surface area contributed by atoms with Crippen molar-refractivity contribution in [1.29, 1.82) is 0 Å². The molecule has 1 unspecified atom stereocenters. The maximum atomic E-state index is 9.63. The van der Waals surface area contributed by atoms with E-state index in [-0.39, 0.29) is 5.95 Å². The summed E-state index contributed by atoms with van der Waals surface area (Å²) in [4.78, 5) is 3.84. The fourth-order valence-electron chi connectivity index (χ4n) is 0.748. The Kier molecular flexibility index (Phi) is 2.72. The van der Waals surface area contributed by atoms with Crippen molar-refractivity contribution in [2.45, 2.75) is 25.9 Å². The Bertz CT molecular complexity index is 270. The lowest BCUT2D eigenvalue weighted by atomic mass is 10.0. The molecule has 0 fully saturated rings. The van der Waals surface area contributed by atoms with Crippen LogP contribution in [0.4, 0.5) is 11.9 Å². The molecule has 0 saturated heterocycles. The van der Waals surface area contributed by atoms with E-state index in [1.165, 1.54) is 0 Å². The van der Waals surface area contributed by atoms with Gasteiger partial charge in [-0.15, -0.1) is 5.10 Å². The minimum Gasteiger partial charge on any atom is -0.388 e. The number of aliphatic hydroxyl groups is 1. The summed E-state index contributed by atoms with van der Waals surface area (Å²) >= 11 is 0. The molecule has 0 saturated carbocycles. The molecule has 0 aliphatic carbocycles. The first-order valence-electron chi connectivity index (χ1n) is 4.17. The van der Waals surface area contributed by atoms with Crippen molar-refractivity contribution in [3.63, 3.8) is 0 Å². The van der Waals surface area contributed by atoms with Crippen molar-refractivity contribution in [3.8, 4) is 0 Å². The number of nitrogens with zero attached hydrogens (tertiary/aromatic N) is 2. The molecule has 1 aromatic rings. The smallest absolute Gasteiger partial charge is 0.243 e. The third kappa shape index (κ3) is 2.90. The molecular weight excluding hydrogens is 170 g/mol. The van der Waals surface area contributed by atoms with E-state index in [1.807, 2.05) is 6.92 Å². The molecule has 0 aromatic carbocycles. The molecular formula is C7H15N5O. The zero-order valence-corrected chi connectivity index (χ0v) is 7.83. The summed E-state index contributed by atoms with van der Waals surface area (Å²) in [6.07, 6.45) is 0.667. The van der Waals surface area contributed by atoms with E-state index in [0.29, 0.717) is 18.9 Å². The zero-order chi connectivity index (χ0) is 9.90. The van der Waals surface area contributed by atoms with Crippen molar-refractivity contribution in [2.75, 3.05) is 17.6 Å². The molecule has 5 N–H and O–H groups in total. The van der Waals surface area contributed by atoms with Crippen LogP contribution in [0.5, 0.6) is 0 Å². The Morgan fingerprint density at radius 2 is 2.38 bits per heavy atom. The average Bonchev–Trinajstić information content (AvgIpc) is 2.48. The van der Waals surface area contributed by atoms with Crippen molar-refractivity contribution in [3.05, 3.63) is 0 Å². The quantitative estimate of drug-likeness (QED) is 0.527. The first-order chi connectivity index (χ1) is 6.03. The van der Waals surface area contributed by atoms with Crippen LogP contribution in [0.1, 0.15) is 20.3 Å². The minimum absolute atomic E-state index is 0.263. The molecule has 0 aliphatic heterocycles. The third-order valence-electron chi connectivity index (χ3n) is 1.89. The number of aromatic amines is 1. The van der Waals surface area contributed by atoms with Crippen molar-refractivity contribution < 1.29 is 5.11 Å². The standard InChI is InChI=1S/C7H15N5O/c1-3-7(2,13)4-9-6-10-5(8)11-12-6/h13H,3-4H2,1-2H3,(H4,8,9,10,11,12). The molecule has 74 valence electrons. The average molecular weight is 185 g/mol. The molecule has 6 heteroatoms. The second kappa shape index (κ2) is 3.61. The number of nitrogen functional groups attached to an aromatic ring is 1. The number of hydrogen-bond donors (Lipinski definition) is 4. The van der Waals surface area contributed by atoms with E-state index in [0.717, 1.165) is 0 Å². The largest absolute Gasteiger partial charge is 0.388 e. The summed E-state index contributed by atoms with van der Waals surface area (Å²) in [6, 6.07) is 0. The summed E-state index contributed by atoms with van der Waals surface area (Å²) in [7, 11) is 0. The number of nitrogens with one attached hydrogen (secondary N) is 2. The van der Waals surface area contributed by atoms with Crippen LogP contribution in [0.25, 0.3) is 0 Å². The van der Waals surface area contributed by atoms with Crippen LogP contribution in [-0.4, -0.2) is 32.4 Å². The Balaban J connectivity index is 2.43.